The number of nitrogens with zero attached hydrogens (tertiary/aromatic N) is 1. The van der Waals surface area contributed by atoms with E-state index in [4.69, 9.17) is 13.9 Å². The lowest BCUT2D eigenvalue weighted by Gasteiger charge is -1.98. The Morgan fingerprint density at radius 1 is 1.18 bits per heavy atom. The van der Waals surface area contributed by atoms with Crippen molar-refractivity contribution >= 4 is 18.1 Å². The van der Waals surface area contributed by atoms with Crippen LogP contribution in [-0.4, -0.2) is 32.3 Å². The molecule has 0 spiro atoms. The molecule has 22 heavy (non-hydrogen) atoms. The highest BCUT2D eigenvalue weighted by Gasteiger charge is 2.19. The second-order valence-electron chi connectivity index (χ2n) is 4.36. The Hall–Kier alpha value is -2.60. The zero-order valence-corrected chi connectivity index (χ0v) is 12.7. The lowest BCUT2D eigenvalue weighted by molar-refractivity contribution is 0.0558. The van der Waals surface area contributed by atoms with E-state index in [1.807, 2.05) is 30.3 Å². The second kappa shape index (κ2) is 7.42. The Morgan fingerprint density at radius 3 is 2.50 bits per heavy atom. The van der Waals surface area contributed by atoms with Crippen molar-refractivity contribution in [3.63, 3.8) is 0 Å². The monoisotopic (exact) mass is 303 g/mol. The fraction of sp³-hybridized carbons (Fsp3) is 0.250. The number of oxazole rings is 1. The third-order valence-electron chi connectivity index (χ3n) is 2.90. The van der Waals surface area contributed by atoms with E-state index in [1.54, 1.807) is 13.2 Å². The van der Waals surface area contributed by atoms with Crippen LogP contribution in [0, 0.1) is 0 Å². The summed E-state index contributed by atoms with van der Waals surface area (Å²) in [4.78, 5) is 15.8. The average Bonchev–Trinajstić information content (AvgIpc) is 2.96. The van der Waals surface area contributed by atoms with Gasteiger partial charge < -0.3 is 18.6 Å². The van der Waals surface area contributed by atoms with Crippen molar-refractivity contribution in [1.29, 1.82) is 0 Å². The normalized spacial score (nSPS) is 10.9. The van der Waals surface area contributed by atoms with Gasteiger partial charge in [0.1, 0.15) is 11.4 Å². The van der Waals surface area contributed by atoms with Crippen molar-refractivity contribution in [2.45, 2.75) is 6.61 Å². The summed E-state index contributed by atoms with van der Waals surface area (Å²) in [5, 5.41) is 0. The van der Waals surface area contributed by atoms with E-state index in [-0.39, 0.29) is 12.4 Å². The summed E-state index contributed by atoms with van der Waals surface area (Å²) in [5.74, 6) is 0.564. The van der Waals surface area contributed by atoms with E-state index >= 15 is 0 Å². The van der Waals surface area contributed by atoms with E-state index < -0.39 is 5.97 Å². The summed E-state index contributed by atoms with van der Waals surface area (Å²) >= 11 is 0. The molecule has 0 unspecified atom stereocenters. The van der Waals surface area contributed by atoms with Crippen LogP contribution in [0.4, 0.5) is 0 Å². The number of hydrogen-bond donors (Lipinski definition) is 0. The van der Waals surface area contributed by atoms with Crippen LogP contribution in [0.3, 0.4) is 0 Å². The molecule has 0 saturated carbocycles. The average molecular weight is 303 g/mol. The first-order valence-electron chi connectivity index (χ1n) is 6.57. The Labute approximate surface area is 128 Å². The molecule has 2 aromatic rings. The molecule has 116 valence electrons. The van der Waals surface area contributed by atoms with E-state index in [0.717, 1.165) is 11.3 Å². The van der Waals surface area contributed by atoms with E-state index in [9.17, 15) is 4.79 Å². The van der Waals surface area contributed by atoms with Gasteiger partial charge in [0, 0.05) is 13.2 Å². The van der Waals surface area contributed by atoms with Crippen molar-refractivity contribution < 1.29 is 23.4 Å². The Balaban J connectivity index is 2.20. The van der Waals surface area contributed by atoms with Crippen molar-refractivity contribution in [2.75, 3.05) is 21.3 Å². The first-order valence-corrected chi connectivity index (χ1v) is 6.57. The number of rotatable bonds is 6. The summed E-state index contributed by atoms with van der Waals surface area (Å²) in [7, 11) is 4.42. The maximum Gasteiger partial charge on any atom is 0.376 e. The maximum absolute atomic E-state index is 11.6. The van der Waals surface area contributed by atoms with Crippen molar-refractivity contribution in [3.8, 4) is 5.75 Å². The molecule has 6 heteroatoms. The zero-order valence-electron chi connectivity index (χ0n) is 12.7. The Kier molecular flexibility index (Phi) is 5.32. The number of carbonyl (C=O) groups excluding carboxylic acids is 1. The fourth-order valence-corrected chi connectivity index (χ4v) is 1.81. The second-order valence-corrected chi connectivity index (χ2v) is 4.36. The van der Waals surface area contributed by atoms with Crippen LogP contribution in [0.2, 0.25) is 0 Å². The Morgan fingerprint density at radius 2 is 1.91 bits per heavy atom. The highest BCUT2D eigenvalue weighted by atomic mass is 16.5. The molecule has 0 N–H and O–H groups in total. The molecule has 0 bridgehead atoms. The first kappa shape index (κ1) is 15.8. The highest BCUT2D eigenvalue weighted by molar-refractivity contribution is 5.87. The molecule has 1 aromatic carbocycles. The molecule has 0 radical (unpaired) electrons. The van der Waals surface area contributed by atoms with E-state index in [0.29, 0.717) is 11.6 Å². The van der Waals surface area contributed by atoms with Crippen molar-refractivity contribution in [3.05, 3.63) is 47.2 Å². The SMILES string of the molecule is COCc1nc(C=Cc2ccc(OC)cc2)oc1C(=O)OC. The van der Waals surface area contributed by atoms with Gasteiger partial charge >= 0.3 is 5.97 Å². The highest BCUT2D eigenvalue weighted by Crippen LogP contribution is 2.17. The number of carbonyl (C=O) groups is 1. The van der Waals surface area contributed by atoms with Crippen LogP contribution >= 0.6 is 0 Å². The molecule has 2 rings (SSSR count). The largest absolute Gasteiger partial charge is 0.497 e. The predicted octanol–water partition coefficient (Wildman–Crippen LogP) is 2.79. The third-order valence-corrected chi connectivity index (χ3v) is 2.90. The number of aromatic nitrogens is 1. The van der Waals surface area contributed by atoms with Crippen molar-refractivity contribution in [2.24, 2.45) is 0 Å². The van der Waals surface area contributed by atoms with Crippen molar-refractivity contribution in [1.82, 2.24) is 4.98 Å². The van der Waals surface area contributed by atoms with Gasteiger partial charge in [0.2, 0.25) is 11.7 Å². The maximum atomic E-state index is 11.6. The summed E-state index contributed by atoms with van der Waals surface area (Å²) in [6.45, 7) is 0.171. The molecule has 0 aliphatic rings. The van der Waals surface area contributed by atoms with E-state index in [2.05, 4.69) is 9.72 Å². The molecule has 6 nitrogen and oxygen atoms in total. The van der Waals surface area contributed by atoms with Crippen LogP contribution in [0.1, 0.15) is 27.7 Å². The number of benzene rings is 1. The van der Waals surface area contributed by atoms with Gasteiger partial charge in [-0.15, -0.1) is 0 Å². The van der Waals surface area contributed by atoms with Gasteiger partial charge in [-0.05, 0) is 23.8 Å². The number of methoxy groups -OCH3 is 3. The van der Waals surface area contributed by atoms with E-state index in [1.165, 1.54) is 14.2 Å². The molecule has 0 atom stereocenters. The van der Waals surface area contributed by atoms with Gasteiger partial charge in [-0.3, -0.25) is 0 Å². The quantitative estimate of drug-likeness (QED) is 0.764. The Bertz CT molecular complexity index is 658. The lowest BCUT2D eigenvalue weighted by Crippen LogP contribution is -2.04. The standard InChI is InChI=1S/C16H17NO5/c1-19-10-13-15(16(18)21-3)22-14(17-13)9-6-11-4-7-12(20-2)8-5-11/h4-9H,10H2,1-3H3. The fourth-order valence-electron chi connectivity index (χ4n) is 1.81. The van der Waals surface area contributed by atoms with Gasteiger partial charge in [0.15, 0.2) is 0 Å². The van der Waals surface area contributed by atoms with Gasteiger partial charge in [-0.25, -0.2) is 9.78 Å². The minimum absolute atomic E-state index is 0.0544. The van der Waals surface area contributed by atoms with Crippen LogP contribution < -0.4 is 4.74 Å². The first-order chi connectivity index (χ1) is 10.7. The van der Waals surface area contributed by atoms with Crippen LogP contribution in [0.15, 0.2) is 28.7 Å². The molecule has 0 aliphatic heterocycles. The third kappa shape index (κ3) is 3.73. The minimum atomic E-state index is -0.580. The molecular weight excluding hydrogens is 286 g/mol. The lowest BCUT2D eigenvalue weighted by atomic mass is 10.2. The van der Waals surface area contributed by atoms with Gasteiger partial charge in [0.05, 0.1) is 20.8 Å². The molecular formula is C16H17NO5. The number of esters is 1. The zero-order chi connectivity index (χ0) is 15.9. The number of ether oxygens (including phenoxy) is 3. The van der Waals surface area contributed by atoms with Gasteiger partial charge in [-0.2, -0.15) is 0 Å². The van der Waals surface area contributed by atoms with Gasteiger partial charge in [-0.1, -0.05) is 12.1 Å². The predicted molar refractivity (Wildman–Crippen MR) is 80.5 cm³/mol. The minimum Gasteiger partial charge on any atom is -0.497 e. The van der Waals surface area contributed by atoms with Crippen LogP contribution in [0.25, 0.3) is 12.2 Å². The summed E-state index contributed by atoms with van der Waals surface area (Å²) < 4.78 is 20.2. The van der Waals surface area contributed by atoms with Gasteiger partial charge in [0.25, 0.3) is 0 Å². The molecule has 0 aliphatic carbocycles. The topological polar surface area (TPSA) is 70.8 Å². The molecule has 0 saturated heterocycles. The summed E-state index contributed by atoms with van der Waals surface area (Å²) in [6.07, 6.45) is 3.50. The molecule has 0 amide bonds. The number of hydrogen-bond acceptors (Lipinski definition) is 6. The molecule has 1 heterocycles. The molecule has 1 aromatic heterocycles. The summed E-state index contributed by atoms with van der Waals surface area (Å²) in [6, 6.07) is 7.50. The van der Waals surface area contributed by atoms with Crippen LogP contribution in [0.5, 0.6) is 5.75 Å². The van der Waals surface area contributed by atoms with Crippen LogP contribution in [-0.2, 0) is 16.1 Å². The summed E-state index contributed by atoms with van der Waals surface area (Å²) in [5.41, 5.74) is 1.36. The molecule has 0 fully saturated rings. The smallest absolute Gasteiger partial charge is 0.376 e.